The molecule has 29 heavy (non-hydrogen) atoms. The van der Waals surface area contributed by atoms with Gasteiger partial charge in [-0.25, -0.2) is 9.59 Å². The first-order chi connectivity index (χ1) is 13.8. The van der Waals surface area contributed by atoms with Crippen LogP contribution in [0, 0.1) is 0 Å². The molecule has 170 valence electrons. The molecule has 0 amide bonds. The predicted molar refractivity (Wildman–Crippen MR) is 124 cm³/mol. The molecule has 0 N–H and O–H groups in total. The van der Waals surface area contributed by atoms with E-state index in [-0.39, 0.29) is 0 Å². The van der Waals surface area contributed by atoms with Gasteiger partial charge in [-0.2, -0.15) is 0 Å². The standard InChI is InChI=1S/C24H46O4Si/c1-8-12-13-14-15-16-19-27-23(25)17-18-24(26)28-29(20(5)9-2,21(6)10-3)22(7)11-4/h17-18,20-22H,8-16,19H2,1-7H3/b18-17+. The lowest BCUT2D eigenvalue weighted by atomic mass is 10.1. The highest BCUT2D eigenvalue weighted by Crippen LogP contribution is 2.47. The van der Waals surface area contributed by atoms with Gasteiger partial charge in [0.2, 0.25) is 0 Å². The molecule has 0 aliphatic rings. The zero-order valence-electron chi connectivity index (χ0n) is 20.1. The monoisotopic (exact) mass is 426 g/mol. The molecule has 0 spiro atoms. The molecule has 0 heterocycles. The topological polar surface area (TPSA) is 52.6 Å². The Morgan fingerprint density at radius 3 is 1.66 bits per heavy atom. The van der Waals surface area contributed by atoms with Crippen LogP contribution in [0.5, 0.6) is 0 Å². The third-order valence-corrected chi connectivity index (χ3v) is 12.9. The van der Waals surface area contributed by atoms with Crippen molar-refractivity contribution in [3.63, 3.8) is 0 Å². The molecule has 5 heteroatoms. The van der Waals surface area contributed by atoms with Crippen LogP contribution in [-0.4, -0.2) is 26.9 Å². The molecule has 4 nitrogen and oxygen atoms in total. The van der Waals surface area contributed by atoms with E-state index < -0.39 is 20.3 Å². The summed E-state index contributed by atoms with van der Waals surface area (Å²) in [5, 5.41) is 0. The minimum atomic E-state index is -2.34. The second-order valence-electron chi connectivity index (χ2n) is 8.47. The second-order valence-corrected chi connectivity index (χ2v) is 13.3. The van der Waals surface area contributed by atoms with Crippen molar-refractivity contribution >= 4 is 20.3 Å². The van der Waals surface area contributed by atoms with Crippen molar-refractivity contribution in [1.82, 2.24) is 0 Å². The Morgan fingerprint density at radius 1 is 0.724 bits per heavy atom. The maximum absolute atomic E-state index is 12.6. The molecule has 0 saturated heterocycles. The molecule has 0 saturated carbocycles. The van der Waals surface area contributed by atoms with Crippen molar-refractivity contribution in [3.05, 3.63) is 12.2 Å². The number of carbonyl (C=O) groups excluding carboxylic acids is 2. The van der Waals surface area contributed by atoms with Crippen molar-refractivity contribution in [1.29, 1.82) is 0 Å². The average molecular weight is 427 g/mol. The summed E-state index contributed by atoms with van der Waals surface area (Å²) in [6, 6.07) is 0. The minimum absolute atomic E-state index is 0.379. The van der Waals surface area contributed by atoms with Gasteiger partial charge in [0.05, 0.1) is 6.61 Å². The smallest absolute Gasteiger partial charge is 0.331 e. The van der Waals surface area contributed by atoms with Crippen LogP contribution in [0.3, 0.4) is 0 Å². The quantitative estimate of drug-likeness (QED) is 0.112. The van der Waals surface area contributed by atoms with Crippen LogP contribution in [0.4, 0.5) is 0 Å². The SMILES string of the molecule is CCCCCCCCOC(=O)/C=C/C(=O)O[Si](C(C)CC)(C(C)CC)C(C)CC. The zero-order valence-corrected chi connectivity index (χ0v) is 21.1. The highest BCUT2D eigenvalue weighted by Gasteiger charge is 2.51. The Kier molecular flexibility index (Phi) is 15.1. The number of rotatable bonds is 16. The molecule has 0 aromatic rings. The fourth-order valence-corrected chi connectivity index (χ4v) is 10.0. The van der Waals surface area contributed by atoms with Gasteiger partial charge in [-0.3, -0.25) is 0 Å². The predicted octanol–water partition coefficient (Wildman–Crippen LogP) is 7.34. The summed E-state index contributed by atoms with van der Waals surface area (Å²) in [6.45, 7) is 15.8. The molecule has 0 aliphatic carbocycles. The third-order valence-electron chi connectivity index (χ3n) is 6.52. The van der Waals surface area contributed by atoms with Gasteiger partial charge in [-0.1, -0.05) is 99.8 Å². The van der Waals surface area contributed by atoms with Crippen LogP contribution in [0.15, 0.2) is 12.2 Å². The molecular formula is C24H46O4Si. The normalized spacial score (nSPS) is 16.8. The summed E-state index contributed by atoms with van der Waals surface area (Å²) in [7, 11) is -2.34. The van der Waals surface area contributed by atoms with Gasteiger partial charge >= 0.3 is 11.9 Å². The van der Waals surface area contributed by atoms with E-state index in [1.165, 1.54) is 37.8 Å². The van der Waals surface area contributed by atoms with Crippen molar-refractivity contribution in [3.8, 4) is 0 Å². The zero-order chi connectivity index (χ0) is 22.3. The van der Waals surface area contributed by atoms with Gasteiger partial charge < -0.3 is 9.16 Å². The molecule has 0 fully saturated rings. The van der Waals surface area contributed by atoms with Crippen molar-refractivity contribution < 1.29 is 18.8 Å². The lowest BCUT2D eigenvalue weighted by Gasteiger charge is -2.44. The molecule has 3 unspecified atom stereocenters. The molecule has 3 atom stereocenters. The van der Waals surface area contributed by atoms with E-state index in [0.29, 0.717) is 23.2 Å². The lowest BCUT2D eigenvalue weighted by Crippen LogP contribution is -2.51. The summed E-state index contributed by atoms with van der Waals surface area (Å²) in [5.74, 6) is -0.854. The molecular weight excluding hydrogens is 380 g/mol. The molecule has 0 radical (unpaired) electrons. The summed E-state index contributed by atoms with van der Waals surface area (Å²) in [5.41, 5.74) is 1.14. The van der Waals surface area contributed by atoms with E-state index in [9.17, 15) is 9.59 Å². The van der Waals surface area contributed by atoms with Gasteiger partial charge in [-0.15, -0.1) is 0 Å². The van der Waals surface area contributed by atoms with Crippen LogP contribution >= 0.6 is 0 Å². The van der Waals surface area contributed by atoms with Gasteiger partial charge in [0.15, 0.2) is 0 Å². The molecule has 0 rings (SSSR count). The molecule has 0 bridgehead atoms. The Morgan fingerprint density at radius 2 is 1.17 bits per heavy atom. The minimum Gasteiger partial charge on any atom is -0.515 e. The second kappa shape index (κ2) is 15.7. The van der Waals surface area contributed by atoms with Gasteiger partial charge in [-0.05, 0) is 23.0 Å². The van der Waals surface area contributed by atoms with Crippen molar-refractivity contribution in [2.24, 2.45) is 0 Å². The van der Waals surface area contributed by atoms with Crippen LogP contribution in [0.25, 0.3) is 0 Å². The largest absolute Gasteiger partial charge is 0.515 e. The fourth-order valence-electron chi connectivity index (χ4n) is 4.16. The molecule has 0 aromatic carbocycles. The first kappa shape index (κ1) is 27.9. The van der Waals surface area contributed by atoms with Crippen LogP contribution in [0.2, 0.25) is 16.6 Å². The average Bonchev–Trinajstić information content (AvgIpc) is 2.73. The van der Waals surface area contributed by atoms with E-state index in [1.807, 2.05) is 0 Å². The van der Waals surface area contributed by atoms with Crippen molar-refractivity contribution in [2.75, 3.05) is 6.61 Å². The lowest BCUT2D eigenvalue weighted by molar-refractivity contribution is -0.138. The van der Waals surface area contributed by atoms with E-state index in [2.05, 4.69) is 48.5 Å². The first-order valence-corrected chi connectivity index (χ1v) is 14.0. The molecule has 0 aliphatic heterocycles. The summed E-state index contributed by atoms with van der Waals surface area (Å²) in [4.78, 5) is 24.5. The summed E-state index contributed by atoms with van der Waals surface area (Å²) >= 11 is 0. The van der Waals surface area contributed by atoms with Crippen LogP contribution in [0.1, 0.15) is 106 Å². The van der Waals surface area contributed by atoms with E-state index in [1.54, 1.807) is 0 Å². The first-order valence-electron chi connectivity index (χ1n) is 11.9. The molecule has 0 aromatic heterocycles. The highest BCUT2D eigenvalue weighted by atomic mass is 28.4. The number of hydrogen-bond donors (Lipinski definition) is 0. The van der Waals surface area contributed by atoms with Crippen LogP contribution in [-0.2, 0) is 18.8 Å². The number of unbranched alkanes of at least 4 members (excludes halogenated alkanes) is 5. The number of esters is 1. The van der Waals surface area contributed by atoms with Crippen LogP contribution < -0.4 is 0 Å². The summed E-state index contributed by atoms with van der Waals surface area (Å²) < 4.78 is 11.4. The van der Waals surface area contributed by atoms with E-state index in [0.717, 1.165) is 32.1 Å². The van der Waals surface area contributed by atoms with E-state index >= 15 is 0 Å². The van der Waals surface area contributed by atoms with Crippen molar-refractivity contribution in [2.45, 2.75) is 123 Å². The van der Waals surface area contributed by atoms with Gasteiger partial charge in [0.25, 0.3) is 8.32 Å². The summed E-state index contributed by atoms with van der Waals surface area (Å²) in [6.07, 6.45) is 12.3. The Hall–Kier alpha value is -1.10. The Bertz CT molecular complexity index is 463. The maximum Gasteiger partial charge on any atom is 0.331 e. The fraction of sp³-hybridized carbons (Fsp3) is 0.833. The Labute approximate surface area is 180 Å². The number of ether oxygens (including phenoxy) is 1. The number of carbonyl (C=O) groups is 2. The highest BCUT2D eigenvalue weighted by molar-refractivity contribution is 6.79. The number of hydrogen-bond acceptors (Lipinski definition) is 4. The maximum atomic E-state index is 12.6. The third kappa shape index (κ3) is 9.50. The van der Waals surface area contributed by atoms with E-state index in [4.69, 9.17) is 9.16 Å². The van der Waals surface area contributed by atoms with Gasteiger partial charge in [0.1, 0.15) is 0 Å². The Balaban J connectivity index is 4.79. The van der Waals surface area contributed by atoms with Gasteiger partial charge in [0, 0.05) is 12.2 Å².